The van der Waals surface area contributed by atoms with Crippen molar-refractivity contribution in [3.8, 4) is 0 Å². The molecular weight excluding hydrogens is 342 g/mol. The Morgan fingerprint density at radius 1 is 1.20 bits per heavy atom. The van der Waals surface area contributed by atoms with Gasteiger partial charge in [0.1, 0.15) is 0 Å². The van der Waals surface area contributed by atoms with Crippen LogP contribution in [0.2, 0.25) is 0 Å². The maximum absolute atomic E-state index is 12.3. The number of carbonyl (C=O) groups is 2. The summed E-state index contributed by atoms with van der Waals surface area (Å²) in [7, 11) is 0. The number of carbonyl (C=O) groups excluding carboxylic acids is 2. The zero-order chi connectivity index (χ0) is 17.5. The first kappa shape index (κ1) is 20.7. The molecule has 0 saturated heterocycles. The van der Waals surface area contributed by atoms with E-state index in [0.717, 1.165) is 12.1 Å². The Hall–Kier alpha value is -2.31. The van der Waals surface area contributed by atoms with E-state index < -0.39 is 0 Å². The van der Waals surface area contributed by atoms with Crippen LogP contribution in [0, 0.1) is 6.92 Å². The fraction of sp³-hybridized carbons (Fsp3) is 0.333. The molecule has 2 amide bonds. The smallest absolute Gasteiger partial charge is 0.291 e. The van der Waals surface area contributed by atoms with Gasteiger partial charge < -0.3 is 20.4 Å². The average Bonchev–Trinajstić information content (AvgIpc) is 3.09. The van der Waals surface area contributed by atoms with Gasteiger partial charge in [-0.1, -0.05) is 13.0 Å². The van der Waals surface area contributed by atoms with Crippen LogP contribution in [0.25, 0.3) is 0 Å². The molecule has 2 aromatic rings. The van der Waals surface area contributed by atoms with Crippen LogP contribution < -0.4 is 16.0 Å². The van der Waals surface area contributed by atoms with Crippen LogP contribution in [0.1, 0.15) is 40.3 Å². The Morgan fingerprint density at radius 2 is 1.96 bits per heavy atom. The number of aryl methyl sites for hydroxylation is 1. The average molecular weight is 366 g/mol. The molecule has 0 spiro atoms. The van der Waals surface area contributed by atoms with Crippen molar-refractivity contribution >= 4 is 29.9 Å². The van der Waals surface area contributed by atoms with Crippen LogP contribution >= 0.6 is 12.4 Å². The van der Waals surface area contributed by atoms with Gasteiger partial charge in [-0.3, -0.25) is 9.59 Å². The van der Waals surface area contributed by atoms with Crippen molar-refractivity contribution in [3.05, 3.63) is 53.5 Å². The second kappa shape index (κ2) is 9.86. The second-order valence-corrected chi connectivity index (χ2v) is 5.63. The highest BCUT2D eigenvalue weighted by atomic mass is 35.5. The molecule has 6 nitrogen and oxygen atoms in total. The minimum atomic E-state index is -0.346. The van der Waals surface area contributed by atoms with Crippen molar-refractivity contribution in [1.29, 1.82) is 0 Å². The first-order chi connectivity index (χ1) is 11.5. The summed E-state index contributed by atoms with van der Waals surface area (Å²) in [4.78, 5) is 24.3. The fourth-order valence-electron chi connectivity index (χ4n) is 2.26. The minimum absolute atomic E-state index is 0. The number of rotatable bonds is 7. The van der Waals surface area contributed by atoms with E-state index in [1.165, 1.54) is 6.26 Å². The lowest BCUT2D eigenvalue weighted by atomic mass is 10.1. The highest BCUT2D eigenvalue weighted by Crippen LogP contribution is 2.18. The van der Waals surface area contributed by atoms with Gasteiger partial charge in [-0.15, -0.1) is 12.4 Å². The zero-order valence-electron chi connectivity index (χ0n) is 14.6. The molecule has 1 atom stereocenters. The largest absolute Gasteiger partial charge is 0.459 e. The van der Waals surface area contributed by atoms with E-state index in [-0.39, 0.29) is 36.0 Å². The molecule has 2 rings (SSSR count). The number of amides is 2. The lowest BCUT2D eigenvalue weighted by molar-refractivity contribution is 0.0948. The van der Waals surface area contributed by atoms with Crippen LogP contribution in [0.5, 0.6) is 0 Å². The summed E-state index contributed by atoms with van der Waals surface area (Å²) in [5.41, 5.74) is 1.95. The minimum Gasteiger partial charge on any atom is -0.459 e. The normalized spacial score (nSPS) is 11.3. The predicted octanol–water partition coefficient (Wildman–Crippen LogP) is 2.99. The van der Waals surface area contributed by atoms with Crippen molar-refractivity contribution in [2.45, 2.75) is 26.8 Å². The van der Waals surface area contributed by atoms with Gasteiger partial charge in [-0.05, 0) is 50.2 Å². The summed E-state index contributed by atoms with van der Waals surface area (Å²) in [5, 5.41) is 8.88. The van der Waals surface area contributed by atoms with E-state index in [0.29, 0.717) is 17.8 Å². The van der Waals surface area contributed by atoms with Gasteiger partial charge in [-0.2, -0.15) is 0 Å². The van der Waals surface area contributed by atoms with E-state index in [9.17, 15) is 9.59 Å². The van der Waals surface area contributed by atoms with Crippen LogP contribution in [0.15, 0.2) is 41.0 Å². The van der Waals surface area contributed by atoms with Crippen molar-refractivity contribution in [3.63, 3.8) is 0 Å². The number of furan rings is 1. The van der Waals surface area contributed by atoms with E-state index in [4.69, 9.17) is 4.42 Å². The Labute approximate surface area is 153 Å². The molecule has 1 aromatic heterocycles. The monoisotopic (exact) mass is 365 g/mol. The maximum atomic E-state index is 12.3. The molecule has 0 saturated carbocycles. The summed E-state index contributed by atoms with van der Waals surface area (Å²) in [6.45, 7) is 7.28. The first-order valence-electron chi connectivity index (χ1n) is 7.98. The van der Waals surface area contributed by atoms with Gasteiger partial charge in [0, 0.05) is 23.8 Å². The van der Waals surface area contributed by atoms with Gasteiger partial charge in [-0.25, -0.2) is 0 Å². The van der Waals surface area contributed by atoms with Crippen LogP contribution in [-0.2, 0) is 0 Å². The third-order valence-electron chi connectivity index (χ3n) is 3.61. The summed E-state index contributed by atoms with van der Waals surface area (Å²) in [6.07, 6.45) is 1.44. The molecule has 0 aliphatic heterocycles. The molecule has 1 aromatic carbocycles. The quantitative estimate of drug-likeness (QED) is 0.704. The Balaban J connectivity index is 0.00000312. The zero-order valence-corrected chi connectivity index (χ0v) is 15.4. The molecule has 0 radical (unpaired) electrons. The first-order valence-corrected chi connectivity index (χ1v) is 7.98. The topological polar surface area (TPSA) is 83.4 Å². The van der Waals surface area contributed by atoms with Gasteiger partial charge in [0.05, 0.1) is 6.26 Å². The number of anilines is 1. The lowest BCUT2D eigenvalue weighted by Gasteiger charge is -2.14. The summed E-state index contributed by atoms with van der Waals surface area (Å²) in [6, 6.07) is 8.65. The van der Waals surface area contributed by atoms with Crippen molar-refractivity contribution < 1.29 is 14.0 Å². The van der Waals surface area contributed by atoms with Gasteiger partial charge in [0.15, 0.2) is 5.76 Å². The SMILES string of the molecule is CCN[C@H](C)CNC(=O)c1ccc(C)c(NC(=O)c2ccco2)c1.Cl. The highest BCUT2D eigenvalue weighted by molar-refractivity contribution is 6.03. The van der Waals surface area contributed by atoms with Crippen molar-refractivity contribution in [2.75, 3.05) is 18.4 Å². The Morgan fingerprint density at radius 3 is 2.60 bits per heavy atom. The number of hydrogen-bond acceptors (Lipinski definition) is 4. The molecule has 0 unspecified atom stereocenters. The maximum Gasteiger partial charge on any atom is 0.291 e. The van der Waals surface area contributed by atoms with Gasteiger partial charge in [0.25, 0.3) is 11.8 Å². The molecule has 1 heterocycles. The van der Waals surface area contributed by atoms with E-state index in [2.05, 4.69) is 16.0 Å². The second-order valence-electron chi connectivity index (χ2n) is 5.63. The molecule has 7 heteroatoms. The number of nitrogens with one attached hydrogen (secondary N) is 3. The summed E-state index contributed by atoms with van der Waals surface area (Å²) < 4.78 is 5.07. The molecule has 0 aliphatic rings. The molecule has 136 valence electrons. The van der Waals surface area contributed by atoms with E-state index >= 15 is 0 Å². The molecule has 3 N–H and O–H groups in total. The number of likely N-dealkylation sites (N-methyl/N-ethyl adjacent to an activating group) is 1. The molecular formula is C18H24ClN3O3. The van der Waals surface area contributed by atoms with Crippen LogP contribution in [0.4, 0.5) is 5.69 Å². The highest BCUT2D eigenvalue weighted by Gasteiger charge is 2.13. The standard InChI is InChI=1S/C18H23N3O3.ClH/c1-4-19-13(3)11-20-17(22)14-8-7-12(2)15(10-14)21-18(23)16-6-5-9-24-16;/h5-10,13,19H,4,11H2,1-3H3,(H,20,22)(H,21,23);1H/t13-;/m1./s1. The van der Waals surface area contributed by atoms with E-state index in [1.54, 1.807) is 30.3 Å². The third kappa shape index (κ3) is 5.92. The van der Waals surface area contributed by atoms with Crippen molar-refractivity contribution in [1.82, 2.24) is 10.6 Å². The molecule has 0 aliphatic carbocycles. The molecule has 0 fully saturated rings. The van der Waals surface area contributed by atoms with E-state index in [1.807, 2.05) is 20.8 Å². The predicted molar refractivity (Wildman–Crippen MR) is 101 cm³/mol. The fourth-order valence-corrected chi connectivity index (χ4v) is 2.26. The van der Waals surface area contributed by atoms with Crippen molar-refractivity contribution in [2.24, 2.45) is 0 Å². The Kier molecular flexibility index (Phi) is 8.18. The van der Waals surface area contributed by atoms with Gasteiger partial charge in [0.2, 0.25) is 0 Å². The Bertz CT molecular complexity index is 702. The third-order valence-corrected chi connectivity index (χ3v) is 3.61. The van der Waals surface area contributed by atoms with Gasteiger partial charge >= 0.3 is 0 Å². The van der Waals surface area contributed by atoms with Crippen LogP contribution in [-0.4, -0.2) is 30.9 Å². The number of benzene rings is 1. The number of hydrogen-bond donors (Lipinski definition) is 3. The van der Waals surface area contributed by atoms with Crippen LogP contribution in [0.3, 0.4) is 0 Å². The summed E-state index contributed by atoms with van der Waals surface area (Å²) in [5.74, 6) is -0.293. The molecule has 0 bridgehead atoms. The summed E-state index contributed by atoms with van der Waals surface area (Å²) >= 11 is 0. The molecule has 25 heavy (non-hydrogen) atoms. The lowest BCUT2D eigenvalue weighted by Crippen LogP contribution is -2.38. The number of halogens is 1.